The average Bonchev–Trinajstić information content (AvgIpc) is 2.78. The lowest BCUT2D eigenvalue weighted by Crippen LogP contribution is -2.19. The number of anilines is 1. The highest BCUT2D eigenvalue weighted by molar-refractivity contribution is 7.92. The van der Waals surface area contributed by atoms with Gasteiger partial charge in [0.25, 0.3) is 15.9 Å². The third kappa shape index (κ3) is 5.89. The molecule has 0 saturated heterocycles. The highest BCUT2D eigenvalue weighted by Crippen LogP contribution is 2.19. The first-order chi connectivity index (χ1) is 14.9. The summed E-state index contributed by atoms with van der Waals surface area (Å²) < 4.78 is 32.9. The minimum atomic E-state index is -3.77. The van der Waals surface area contributed by atoms with E-state index in [0.717, 1.165) is 0 Å². The Kier molecular flexibility index (Phi) is 6.99. The Labute approximate surface area is 181 Å². The molecule has 2 N–H and O–H groups in total. The highest BCUT2D eigenvalue weighted by Gasteiger charge is 2.15. The zero-order valence-electron chi connectivity index (χ0n) is 17.1. The van der Waals surface area contributed by atoms with E-state index in [9.17, 15) is 13.2 Å². The lowest BCUT2D eigenvalue weighted by Gasteiger charge is -2.10. The maximum absolute atomic E-state index is 12.5. The van der Waals surface area contributed by atoms with E-state index in [-0.39, 0.29) is 4.90 Å². The standard InChI is InChI=1S/C22H22N4O4S/c1-3-30-19-11-13-20(14-12-19)31(28,29)26-18-9-7-17(8-10-18)22(27)25-24-16(2)21-6-4-5-15-23-21/h4-15,26H,3H2,1-2H3,(H,25,27)/b24-16+. The second kappa shape index (κ2) is 9.86. The number of carbonyl (C=O) groups is 1. The number of rotatable bonds is 8. The van der Waals surface area contributed by atoms with Crippen LogP contribution in [0, 0.1) is 0 Å². The molecular weight excluding hydrogens is 416 g/mol. The highest BCUT2D eigenvalue weighted by atomic mass is 32.2. The molecule has 9 heteroatoms. The number of ether oxygens (including phenoxy) is 1. The average molecular weight is 439 g/mol. The minimum Gasteiger partial charge on any atom is -0.494 e. The predicted octanol–water partition coefficient (Wildman–Crippen LogP) is 3.44. The molecule has 0 spiro atoms. The Morgan fingerprint density at radius 3 is 2.35 bits per heavy atom. The fourth-order valence-electron chi connectivity index (χ4n) is 2.62. The first-order valence-electron chi connectivity index (χ1n) is 9.51. The molecule has 1 aromatic heterocycles. The molecule has 1 heterocycles. The van der Waals surface area contributed by atoms with E-state index >= 15 is 0 Å². The molecule has 0 atom stereocenters. The monoisotopic (exact) mass is 438 g/mol. The van der Waals surface area contributed by atoms with Gasteiger partial charge in [0.15, 0.2) is 0 Å². The molecule has 0 aliphatic heterocycles. The number of hydrazone groups is 1. The van der Waals surface area contributed by atoms with Crippen molar-refractivity contribution in [2.45, 2.75) is 18.7 Å². The topological polar surface area (TPSA) is 110 Å². The van der Waals surface area contributed by atoms with Crippen LogP contribution in [0.15, 0.2) is 82.9 Å². The van der Waals surface area contributed by atoms with Gasteiger partial charge in [0.2, 0.25) is 0 Å². The molecule has 31 heavy (non-hydrogen) atoms. The molecule has 0 aliphatic rings. The number of hydrogen-bond donors (Lipinski definition) is 2. The van der Waals surface area contributed by atoms with E-state index in [0.29, 0.717) is 35.0 Å². The van der Waals surface area contributed by atoms with Gasteiger partial charge in [-0.05, 0) is 74.5 Å². The van der Waals surface area contributed by atoms with Gasteiger partial charge < -0.3 is 4.74 Å². The minimum absolute atomic E-state index is 0.108. The van der Waals surface area contributed by atoms with Gasteiger partial charge in [-0.3, -0.25) is 14.5 Å². The van der Waals surface area contributed by atoms with Crippen LogP contribution in [0.4, 0.5) is 5.69 Å². The summed E-state index contributed by atoms with van der Waals surface area (Å²) in [5, 5.41) is 4.05. The maximum atomic E-state index is 12.5. The number of nitrogens with zero attached hydrogens (tertiary/aromatic N) is 2. The van der Waals surface area contributed by atoms with Crippen LogP contribution in [0.2, 0.25) is 0 Å². The molecule has 0 unspecified atom stereocenters. The molecule has 3 rings (SSSR count). The Balaban J connectivity index is 1.64. The third-order valence-corrected chi connectivity index (χ3v) is 5.60. The first-order valence-corrected chi connectivity index (χ1v) is 11.0. The van der Waals surface area contributed by atoms with Crippen LogP contribution < -0.4 is 14.9 Å². The summed E-state index contributed by atoms with van der Waals surface area (Å²) in [5.74, 6) is 0.175. The maximum Gasteiger partial charge on any atom is 0.271 e. The Morgan fingerprint density at radius 2 is 1.74 bits per heavy atom. The van der Waals surface area contributed by atoms with Crippen molar-refractivity contribution in [1.82, 2.24) is 10.4 Å². The van der Waals surface area contributed by atoms with Crippen LogP contribution in [0.1, 0.15) is 29.9 Å². The molecule has 0 radical (unpaired) electrons. The van der Waals surface area contributed by atoms with Crippen molar-refractivity contribution in [2.75, 3.05) is 11.3 Å². The van der Waals surface area contributed by atoms with Crippen molar-refractivity contribution < 1.29 is 17.9 Å². The summed E-state index contributed by atoms with van der Waals surface area (Å²) in [4.78, 5) is 16.6. The molecule has 0 fully saturated rings. The SMILES string of the molecule is CCOc1ccc(S(=O)(=O)Nc2ccc(C(=O)N/N=C(\C)c3ccccn3)cc2)cc1. The van der Waals surface area contributed by atoms with Gasteiger partial charge in [-0.25, -0.2) is 13.8 Å². The molecule has 8 nitrogen and oxygen atoms in total. The van der Waals surface area contributed by atoms with Crippen LogP contribution in [0.25, 0.3) is 0 Å². The van der Waals surface area contributed by atoms with Crippen molar-refractivity contribution in [3.05, 3.63) is 84.2 Å². The van der Waals surface area contributed by atoms with Crippen molar-refractivity contribution in [3.63, 3.8) is 0 Å². The van der Waals surface area contributed by atoms with Gasteiger partial charge in [-0.1, -0.05) is 6.07 Å². The Hall–Kier alpha value is -3.72. The van der Waals surface area contributed by atoms with E-state index in [1.54, 1.807) is 37.4 Å². The molecule has 1 amide bonds. The summed E-state index contributed by atoms with van der Waals surface area (Å²) in [7, 11) is -3.77. The lowest BCUT2D eigenvalue weighted by molar-refractivity contribution is 0.0955. The van der Waals surface area contributed by atoms with E-state index < -0.39 is 15.9 Å². The predicted molar refractivity (Wildman–Crippen MR) is 119 cm³/mol. The summed E-state index contributed by atoms with van der Waals surface area (Å²) in [6, 6.07) is 17.6. The van der Waals surface area contributed by atoms with Crippen LogP contribution in [0.5, 0.6) is 5.75 Å². The fraction of sp³-hybridized carbons (Fsp3) is 0.136. The van der Waals surface area contributed by atoms with Gasteiger partial charge >= 0.3 is 0 Å². The summed E-state index contributed by atoms with van der Waals surface area (Å²) >= 11 is 0. The number of aromatic nitrogens is 1. The molecular formula is C22H22N4O4S. The normalized spacial score (nSPS) is 11.6. The van der Waals surface area contributed by atoms with E-state index in [4.69, 9.17) is 4.74 Å². The number of benzene rings is 2. The zero-order valence-corrected chi connectivity index (χ0v) is 17.9. The van der Waals surface area contributed by atoms with Crippen LogP contribution in [-0.4, -0.2) is 31.6 Å². The molecule has 0 aliphatic carbocycles. The number of hydrogen-bond acceptors (Lipinski definition) is 6. The number of nitrogens with one attached hydrogen (secondary N) is 2. The molecule has 3 aromatic rings. The van der Waals surface area contributed by atoms with Gasteiger partial charge in [0.1, 0.15) is 5.75 Å². The van der Waals surface area contributed by atoms with Crippen LogP contribution in [-0.2, 0) is 10.0 Å². The Bertz CT molecular complexity index is 1160. The number of sulfonamides is 1. The van der Waals surface area contributed by atoms with Crippen molar-refractivity contribution in [3.8, 4) is 5.75 Å². The lowest BCUT2D eigenvalue weighted by atomic mass is 10.2. The fourth-order valence-corrected chi connectivity index (χ4v) is 3.68. The number of pyridine rings is 1. The number of amides is 1. The second-order valence-electron chi connectivity index (χ2n) is 6.44. The quantitative estimate of drug-likeness (QED) is 0.414. The summed E-state index contributed by atoms with van der Waals surface area (Å²) in [6.07, 6.45) is 1.64. The summed E-state index contributed by atoms with van der Waals surface area (Å²) in [5.41, 5.74) is 4.35. The van der Waals surface area contributed by atoms with Crippen molar-refractivity contribution >= 4 is 27.3 Å². The van der Waals surface area contributed by atoms with Crippen molar-refractivity contribution in [2.24, 2.45) is 5.10 Å². The molecule has 0 saturated carbocycles. The molecule has 2 aromatic carbocycles. The largest absolute Gasteiger partial charge is 0.494 e. The van der Waals surface area contributed by atoms with Crippen LogP contribution >= 0.6 is 0 Å². The molecule has 0 bridgehead atoms. The van der Waals surface area contributed by atoms with E-state index in [2.05, 4.69) is 20.2 Å². The van der Waals surface area contributed by atoms with Gasteiger partial charge in [-0.15, -0.1) is 0 Å². The van der Waals surface area contributed by atoms with Gasteiger partial charge in [0.05, 0.1) is 22.9 Å². The van der Waals surface area contributed by atoms with Gasteiger partial charge in [0, 0.05) is 17.4 Å². The second-order valence-corrected chi connectivity index (χ2v) is 8.12. The first kappa shape index (κ1) is 22.0. The van der Waals surface area contributed by atoms with E-state index in [1.807, 2.05) is 13.0 Å². The number of carbonyl (C=O) groups excluding carboxylic acids is 1. The van der Waals surface area contributed by atoms with Crippen molar-refractivity contribution in [1.29, 1.82) is 0 Å². The summed E-state index contributed by atoms with van der Waals surface area (Å²) in [6.45, 7) is 4.09. The van der Waals surface area contributed by atoms with Crippen LogP contribution in [0.3, 0.4) is 0 Å². The zero-order chi connectivity index (χ0) is 22.3. The Morgan fingerprint density at radius 1 is 1.03 bits per heavy atom. The van der Waals surface area contributed by atoms with E-state index in [1.165, 1.54) is 36.4 Å². The molecule has 160 valence electrons. The smallest absolute Gasteiger partial charge is 0.271 e. The van der Waals surface area contributed by atoms with Gasteiger partial charge in [-0.2, -0.15) is 5.10 Å². The third-order valence-electron chi connectivity index (χ3n) is 4.21.